The standard InChI is InChI=1S/C28H32N2O4/c1-18(2)17-34-25-16-23(14-15-24(25)33-5)26(29-27(31)21-10-6-19(3)7-11-21)30-28(32)22-12-8-20(4)9-13-22/h6-16,18,26H,17H2,1-5H3,(H,29,31)(H,30,32). The second kappa shape index (κ2) is 11.4. The number of carbonyl (C=O) groups is 2. The zero-order valence-corrected chi connectivity index (χ0v) is 20.3. The number of benzene rings is 3. The van der Waals surface area contributed by atoms with E-state index in [-0.39, 0.29) is 11.8 Å². The minimum Gasteiger partial charge on any atom is -0.493 e. The van der Waals surface area contributed by atoms with Crippen LogP contribution in [0.1, 0.15) is 57.4 Å². The van der Waals surface area contributed by atoms with Crippen molar-refractivity contribution in [3.8, 4) is 11.5 Å². The number of aryl methyl sites for hydroxylation is 2. The molecule has 178 valence electrons. The molecule has 3 rings (SSSR count). The fourth-order valence-electron chi connectivity index (χ4n) is 3.28. The summed E-state index contributed by atoms with van der Waals surface area (Å²) in [6.45, 7) is 8.55. The van der Waals surface area contributed by atoms with Crippen LogP contribution in [0.5, 0.6) is 11.5 Å². The topological polar surface area (TPSA) is 76.7 Å². The first-order chi connectivity index (χ1) is 16.3. The van der Waals surface area contributed by atoms with Crippen LogP contribution >= 0.6 is 0 Å². The van der Waals surface area contributed by atoms with E-state index in [2.05, 4.69) is 24.5 Å². The lowest BCUT2D eigenvalue weighted by Crippen LogP contribution is -2.41. The minimum absolute atomic E-state index is 0.297. The summed E-state index contributed by atoms with van der Waals surface area (Å²) in [6.07, 6.45) is -0.782. The van der Waals surface area contributed by atoms with Gasteiger partial charge in [-0.05, 0) is 61.7 Å². The lowest BCUT2D eigenvalue weighted by atomic mass is 10.1. The van der Waals surface area contributed by atoms with Gasteiger partial charge in [0, 0.05) is 11.1 Å². The summed E-state index contributed by atoms with van der Waals surface area (Å²) >= 11 is 0. The van der Waals surface area contributed by atoms with Crippen molar-refractivity contribution >= 4 is 11.8 Å². The van der Waals surface area contributed by atoms with Gasteiger partial charge in [0.2, 0.25) is 0 Å². The zero-order chi connectivity index (χ0) is 24.7. The summed E-state index contributed by atoms with van der Waals surface area (Å²) in [7, 11) is 1.58. The van der Waals surface area contributed by atoms with Crippen molar-refractivity contribution in [3.05, 3.63) is 94.5 Å². The van der Waals surface area contributed by atoms with E-state index in [1.165, 1.54) is 0 Å². The monoisotopic (exact) mass is 460 g/mol. The molecular weight excluding hydrogens is 428 g/mol. The van der Waals surface area contributed by atoms with Gasteiger partial charge in [0.25, 0.3) is 11.8 Å². The minimum atomic E-state index is -0.782. The number of rotatable bonds is 9. The van der Waals surface area contributed by atoms with Gasteiger partial charge < -0.3 is 20.1 Å². The van der Waals surface area contributed by atoms with E-state index in [1.54, 1.807) is 49.6 Å². The summed E-state index contributed by atoms with van der Waals surface area (Å²) in [4.78, 5) is 26.0. The number of carbonyl (C=O) groups excluding carboxylic acids is 2. The molecule has 6 heteroatoms. The third kappa shape index (κ3) is 6.61. The number of ether oxygens (including phenoxy) is 2. The second-order valence-electron chi connectivity index (χ2n) is 8.73. The van der Waals surface area contributed by atoms with Crippen LogP contribution < -0.4 is 20.1 Å². The highest BCUT2D eigenvalue weighted by Crippen LogP contribution is 2.30. The molecule has 0 fully saturated rings. The Bertz CT molecular complexity index is 1060. The Morgan fingerprint density at radius 1 is 0.765 bits per heavy atom. The number of hydrogen-bond donors (Lipinski definition) is 2. The molecule has 2 amide bonds. The Kier molecular flexibility index (Phi) is 8.30. The predicted molar refractivity (Wildman–Crippen MR) is 133 cm³/mol. The van der Waals surface area contributed by atoms with Crippen LogP contribution in [-0.2, 0) is 0 Å². The summed E-state index contributed by atoms with van der Waals surface area (Å²) in [5.74, 6) is 0.863. The molecule has 0 aliphatic heterocycles. The van der Waals surface area contributed by atoms with Gasteiger partial charge in [-0.15, -0.1) is 0 Å². The Balaban J connectivity index is 1.92. The predicted octanol–water partition coefficient (Wildman–Crippen LogP) is 5.21. The average molecular weight is 461 g/mol. The zero-order valence-electron chi connectivity index (χ0n) is 20.3. The van der Waals surface area contributed by atoms with E-state index in [0.29, 0.717) is 40.7 Å². The molecule has 34 heavy (non-hydrogen) atoms. The van der Waals surface area contributed by atoms with Crippen molar-refractivity contribution in [2.24, 2.45) is 5.92 Å². The molecule has 0 saturated heterocycles. The van der Waals surface area contributed by atoms with Crippen molar-refractivity contribution in [1.82, 2.24) is 10.6 Å². The van der Waals surface area contributed by atoms with E-state index in [9.17, 15) is 9.59 Å². The van der Waals surface area contributed by atoms with Gasteiger partial charge in [0.05, 0.1) is 13.7 Å². The third-order valence-corrected chi connectivity index (χ3v) is 5.27. The van der Waals surface area contributed by atoms with Gasteiger partial charge in [-0.3, -0.25) is 9.59 Å². The normalized spacial score (nSPS) is 10.8. The molecule has 0 aliphatic carbocycles. The van der Waals surface area contributed by atoms with Crippen molar-refractivity contribution in [2.45, 2.75) is 33.9 Å². The molecule has 3 aromatic rings. The first kappa shape index (κ1) is 24.8. The van der Waals surface area contributed by atoms with E-state index < -0.39 is 6.17 Å². The molecule has 0 aromatic heterocycles. The van der Waals surface area contributed by atoms with E-state index in [0.717, 1.165) is 11.1 Å². The van der Waals surface area contributed by atoms with Crippen molar-refractivity contribution < 1.29 is 19.1 Å². The molecule has 0 bridgehead atoms. The Labute approximate surface area is 201 Å². The number of amides is 2. The van der Waals surface area contributed by atoms with Gasteiger partial charge in [-0.2, -0.15) is 0 Å². The molecule has 3 aromatic carbocycles. The lowest BCUT2D eigenvalue weighted by molar-refractivity contribution is 0.0883. The molecule has 0 saturated carbocycles. The molecule has 0 heterocycles. The molecule has 0 atom stereocenters. The number of hydrogen-bond acceptors (Lipinski definition) is 4. The first-order valence-electron chi connectivity index (χ1n) is 11.3. The third-order valence-electron chi connectivity index (χ3n) is 5.27. The van der Waals surface area contributed by atoms with Gasteiger partial charge in [-0.1, -0.05) is 55.3 Å². The van der Waals surface area contributed by atoms with E-state index >= 15 is 0 Å². The summed E-state index contributed by atoms with van der Waals surface area (Å²) in [6, 6.07) is 19.9. The lowest BCUT2D eigenvalue weighted by Gasteiger charge is -2.22. The summed E-state index contributed by atoms with van der Waals surface area (Å²) < 4.78 is 11.4. The van der Waals surface area contributed by atoms with Crippen molar-refractivity contribution in [3.63, 3.8) is 0 Å². The van der Waals surface area contributed by atoms with Gasteiger partial charge in [-0.25, -0.2) is 0 Å². The fraction of sp³-hybridized carbons (Fsp3) is 0.286. The molecule has 0 radical (unpaired) electrons. The SMILES string of the molecule is COc1ccc(C(NC(=O)c2ccc(C)cc2)NC(=O)c2ccc(C)cc2)cc1OCC(C)C. The second-order valence-corrected chi connectivity index (χ2v) is 8.73. The largest absolute Gasteiger partial charge is 0.493 e. The highest BCUT2D eigenvalue weighted by atomic mass is 16.5. The van der Waals surface area contributed by atoms with Crippen LogP contribution in [-0.4, -0.2) is 25.5 Å². The number of methoxy groups -OCH3 is 1. The van der Waals surface area contributed by atoms with Crippen LogP contribution in [0.2, 0.25) is 0 Å². The first-order valence-corrected chi connectivity index (χ1v) is 11.3. The molecule has 2 N–H and O–H groups in total. The van der Waals surface area contributed by atoms with Gasteiger partial charge in [0.1, 0.15) is 6.17 Å². The van der Waals surface area contributed by atoms with Crippen LogP contribution in [0.25, 0.3) is 0 Å². The highest BCUT2D eigenvalue weighted by Gasteiger charge is 2.21. The molecule has 6 nitrogen and oxygen atoms in total. The van der Waals surface area contributed by atoms with Crippen molar-refractivity contribution in [2.75, 3.05) is 13.7 Å². The molecule has 0 spiro atoms. The fourth-order valence-corrected chi connectivity index (χ4v) is 3.28. The van der Waals surface area contributed by atoms with E-state index in [1.807, 2.05) is 38.1 Å². The Morgan fingerprint density at radius 2 is 1.26 bits per heavy atom. The van der Waals surface area contributed by atoms with Crippen LogP contribution in [0.4, 0.5) is 0 Å². The number of nitrogens with one attached hydrogen (secondary N) is 2. The maximum Gasteiger partial charge on any atom is 0.253 e. The smallest absolute Gasteiger partial charge is 0.253 e. The molecule has 0 aliphatic rings. The molecular formula is C28H32N2O4. The Hall–Kier alpha value is -3.80. The van der Waals surface area contributed by atoms with Crippen LogP contribution in [0.15, 0.2) is 66.7 Å². The maximum absolute atomic E-state index is 13.0. The van der Waals surface area contributed by atoms with E-state index in [4.69, 9.17) is 9.47 Å². The highest BCUT2D eigenvalue weighted by molar-refractivity contribution is 5.96. The van der Waals surface area contributed by atoms with Crippen LogP contribution in [0, 0.1) is 19.8 Å². The molecule has 0 unspecified atom stereocenters. The summed E-state index contributed by atoms with van der Waals surface area (Å²) in [5, 5.41) is 5.89. The maximum atomic E-state index is 13.0. The van der Waals surface area contributed by atoms with Gasteiger partial charge >= 0.3 is 0 Å². The Morgan fingerprint density at radius 3 is 1.71 bits per heavy atom. The average Bonchev–Trinajstić information content (AvgIpc) is 2.82. The summed E-state index contributed by atoms with van der Waals surface area (Å²) in [5.41, 5.74) is 3.79. The van der Waals surface area contributed by atoms with Crippen molar-refractivity contribution in [1.29, 1.82) is 0 Å². The van der Waals surface area contributed by atoms with Gasteiger partial charge in [0.15, 0.2) is 11.5 Å². The van der Waals surface area contributed by atoms with Crippen LogP contribution in [0.3, 0.4) is 0 Å². The quantitative estimate of drug-likeness (QED) is 0.430.